The van der Waals surface area contributed by atoms with E-state index in [0.717, 1.165) is 5.69 Å². The summed E-state index contributed by atoms with van der Waals surface area (Å²) in [5.41, 5.74) is 0.730. The lowest BCUT2D eigenvalue weighted by atomic mass is 10.4. The van der Waals surface area contributed by atoms with Gasteiger partial charge in [-0.25, -0.2) is 4.68 Å². The summed E-state index contributed by atoms with van der Waals surface area (Å²) < 4.78 is 6.29. The van der Waals surface area contributed by atoms with E-state index in [0.29, 0.717) is 19.2 Å². The normalized spacial score (nSPS) is 15.3. The molecule has 0 amide bonds. The molecule has 1 heterocycles. The predicted octanol–water partition coefficient (Wildman–Crippen LogP) is 0.464. The Morgan fingerprint density at radius 1 is 1.67 bits per heavy atom. The lowest BCUT2D eigenvalue weighted by Crippen LogP contribution is -2.24. The van der Waals surface area contributed by atoms with Crippen molar-refractivity contribution >= 4 is 5.69 Å². The van der Waals surface area contributed by atoms with Gasteiger partial charge in [0.2, 0.25) is 0 Å². The van der Waals surface area contributed by atoms with Crippen molar-refractivity contribution in [2.24, 2.45) is 0 Å². The molecule has 82 valence electrons. The van der Waals surface area contributed by atoms with E-state index in [2.05, 4.69) is 10.4 Å². The Bertz CT molecular complexity index is 384. The second kappa shape index (κ2) is 4.44. The fraction of sp³-hybridized carbons (Fsp3) is 0.600. The number of rotatable bonds is 5. The quantitative estimate of drug-likeness (QED) is 0.765. The molecule has 0 spiro atoms. The number of aromatic nitrogens is 2. The van der Waals surface area contributed by atoms with E-state index in [1.807, 2.05) is 0 Å². The van der Waals surface area contributed by atoms with Crippen LogP contribution in [0.3, 0.4) is 0 Å². The standard InChI is InChI=1S/C10H15N3O2/c1-15-5-4-13-10(14)6-9(7-11-13)12-8-2-3-8/h6-8,12H,2-5H2,1H3. The third-order valence-electron chi connectivity index (χ3n) is 2.32. The molecule has 0 saturated heterocycles. The Labute approximate surface area is 88.1 Å². The average molecular weight is 209 g/mol. The lowest BCUT2D eigenvalue weighted by Gasteiger charge is -2.06. The summed E-state index contributed by atoms with van der Waals surface area (Å²) in [6, 6.07) is 2.13. The van der Waals surface area contributed by atoms with Gasteiger partial charge in [0.05, 0.1) is 25.0 Å². The molecular formula is C10H15N3O2. The number of nitrogens with one attached hydrogen (secondary N) is 1. The van der Waals surface area contributed by atoms with E-state index in [4.69, 9.17) is 4.74 Å². The van der Waals surface area contributed by atoms with Crippen LogP contribution in [0.5, 0.6) is 0 Å². The number of anilines is 1. The Morgan fingerprint density at radius 3 is 3.07 bits per heavy atom. The maximum atomic E-state index is 11.6. The van der Waals surface area contributed by atoms with Crippen LogP contribution < -0.4 is 10.9 Å². The molecular weight excluding hydrogens is 194 g/mol. The van der Waals surface area contributed by atoms with Crippen LogP contribution in [0.1, 0.15) is 12.8 Å². The van der Waals surface area contributed by atoms with E-state index in [9.17, 15) is 4.79 Å². The Hall–Kier alpha value is -1.36. The number of methoxy groups -OCH3 is 1. The van der Waals surface area contributed by atoms with E-state index < -0.39 is 0 Å². The van der Waals surface area contributed by atoms with Crippen molar-refractivity contribution in [3.05, 3.63) is 22.6 Å². The fourth-order valence-corrected chi connectivity index (χ4v) is 1.32. The molecule has 1 aromatic rings. The van der Waals surface area contributed by atoms with Crippen molar-refractivity contribution in [2.45, 2.75) is 25.4 Å². The van der Waals surface area contributed by atoms with Gasteiger partial charge in [0.25, 0.3) is 5.56 Å². The van der Waals surface area contributed by atoms with E-state index >= 15 is 0 Å². The van der Waals surface area contributed by atoms with Crippen LogP contribution >= 0.6 is 0 Å². The van der Waals surface area contributed by atoms with Gasteiger partial charge in [0, 0.05) is 19.2 Å². The first-order valence-electron chi connectivity index (χ1n) is 5.12. The van der Waals surface area contributed by atoms with Gasteiger partial charge in [-0.1, -0.05) is 0 Å². The maximum Gasteiger partial charge on any atom is 0.268 e. The predicted molar refractivity (Wildman–Crippen MR) is 57.0 cm³/mol. The van der Waals surface area contributed by atoms with Gasteiger partial charge in [-0.05, 0) is 12.8 Å². The second-order valence-corrected chi connectivity index (χ2v) is 3.72. The smallest absolute Gasteiger partial charge is 0.268 e. The van der Waals surface area contributed by atoms with Crippen LogP contribution in [0.15, 0.2) is 17.1 Å². The van der Waals surface area contributed by atoms with Crippen molar-refractivity contribution in [1.29, 1.82) is 0 Å². The molecule has 1 aliphatic rings. The lowest BCUT2D eigenvalue weighted by molar-refractivity contribution is 0.182. The van der Waals surface area contributed by atoms with Crippen LogP contribution in [-0.2, 0) is 11.3 Å². The number of ether oxygens (including phenoxy) is 1. The zero-order chi connectivity index (χ0) is 10.7. The molecule has 0 bridgehead atoms. The van der Waals surface area contributed by atoms with Gasteiger partial charge in [0.15, 0.2) is 0 Å². The van der Waals surface area contributed by atoms with Crippen LogP contribution in [0.2, 0.25) is 0 Å². The van der Waals surface area contributed by atoms with Gasteiger partial charge in [-0.3, -0.25) is 4.79 Å². The van der Waals surface area contributed by atoms with Crippen LogP contribution in [0.25, 0.3) is 0 Å². The van der Waals surface area contributed by atoms with Gasteiger partial charge < -0.3 is 10.1 Å². The molecule has 0 atom stereocenters. The van der Waals surface area contributed by atoms with E-state index in [-0.39, 0.29) is 5.56 Å². The minimum Gasteiger partial charge on any atom is -0.383 e. The Balaban J connectivity index is 2.04. The molecule has 1 fully saturated rings. The van der Waals surface area contributed by atoms with Gasteiger partial charge in [-0.2, -0.15) is 5.10 Å². The molecule has 0 unspecified atom stereocenters. The SMILES string of the molecule is COCCn1ncc(NC2CC2)cc1=O. The van der Waals surface area contributed by atoms with Crippen LogP contribution in [-0.4, -0.2) is 29.5 Å². The zero-order valence-corrected chi connectivity index (χ0v) is 8.77. The molecule has 0 radical (unpaired) electrons. The molecule has 1 aliphatic carbocycles. The van der Waals surface area contributed by atoms with Crippen molar-refractivity contribution in [2.75, 3.05) is 19.0 Å². The summed E-state index contributed by atoms with van der Waals surface area (Å²) in [5.74, 6) is 0. The first-order chi connectivity index (χ1) is 7.29. The summed E-state index contributed by atoms with van der Waals surface area (Å²) in [4.78, 5) is 11.6. The maximum absolute atomic E-state index is 11.6. The highest BCUT2D eigenvalue weighted by atomic mass is 16.5. The minimum absolute atomic E-state index is 0.0855. The molecule has 1 saturated carbocycles. The van der Waals surface area contributed by atoms with E-state index in [1.54, 1.807) is 19.4 Å². The largest absolute Gasteiger partial charge is 0.383 e. The second-order valence-electron chi connectivity index (χ2n) is 3.72. The number of hydrogen-bond donors (Lipinski definition) is 1. The molecule has 0 aliphatic heterocycles. The first-order valence-corrected chi connectivity index (χ1v) is 5.12. The summed E-state index contributed by atoms with van der Waals surface area (Å²) in [6.07, 6.45) is 4.06. The average Bonchev–Trinajstić information content (AvgIpc) is 3.01. The third kappa shape index (κ3) is 2.79. The highest BCUT2D eigenvalue weighted by Crippen LogP contribution is 2.23. The summed E-state index contributed by atoms with van der Waals surface area (Å²) >= 11 is 0. The van der Waals surface area contributed by atoms with Crippen molar-refractivity contribution in [3.8, 4) is 0 Å². The number of nitrogens with zero attached hydrogens (tertiary/aromatic N) is 2. The molecule has 1 aromatic heterocycles. The molecule has 5 nitrogen and oxygen atoms in total. The first kappa shape index (κ1) is 10.2. The van der Waals surface area contributed by atoms with Gasteiger partial charge >= 0.3 is 0 Å². The monoisotopic (exact) mass is 209 g/mol. The highest BCUT2D eigenvalue weighted by molar-refractivity contribution is 5.41. The number of hydrogen-bond acceptors (Lipinski definition) is 4. The minimum atomic E-state index is -0.0855. The summed E-state index contributed by atoms with van der Waals surface area (Å²) in [7, 11) is 1.61. The molecule has 5 heteroatoms. The Morgan fingerprint density at radius 2 is 2.47 bits per heavy atom. The zero-order valence-electron chi connectivity index (χ0n) is 8.77. The fourth-order valence-electron chi connectivity index (χ4n) is 1.32. The van der Waals surface area contributed by atoms with Crippen molar-refractivity contribution in [1.82, 2.24) is 9.78 Å². The van der Waals surface area contributed by atoms with Crippen molar-refractivity contribution < 1.29 is 4.74 Å². The highest BCUT2D eigenvalue weighted by Gasteiger charge is 2.20. The molecule has 1 N–H and O–H groups in total. The topological polar surface area (TPSA) is 56.1 Å². The summed E-state index contributed by atoms with van der Waals surface area (Å²) in [6.45, 7) is 1.00. The molecule has 2 rings (SSSR count). The molecule has 15 heavy (non-hydrogen) atoms. The summed E-state index contributed by atoms with van der Waals surface area (Å²) in [5, 5.41) is 7.29. The van der Waals surface area contributed by atoms with E-state index in [1.165, 1.54) is 17.5 Å². The molecule has 0 aromatic carbocycles. The van der Waals surface area contributed by atoms with Crippen LogP contribution in [0.4, 0.5) is 5.69 Å². The third-order valence-corrected chi connectivity index (χ3v) is 2.32. The van der Waals surface area contributed by atoms with Crippen molar-refractivity contribution in [3.63, 3.8) is 0 Å². The Kier molecular flexibility index (Phi) is 3.01. The van der Waals surface area contributed by atoms with Crippen LogP contribution in [0, 0.1) is 0 Å². The van der Waals surface area contributed by atoms with Gasteiger partial charge in [0.1, 0.15) is 0 Å². The van der Waals surface area contributed by atoms with Gasteiger partial charge in [-0.15, -0.1) is 0 Å².